The Hall–Kier alpha value is -3.24. The third kappa shape index (κ3) is 4.43. The maximum atomic E-state index is 13.2. The Bertz CT molecular complexity index is 1190. The van der Waals surface area contributed by atoms with Crippen LogP contribution in [0.25, 0.3) is 0 Å². The molecule has 1 atom stereocenters. The Balaban J connectivity index is 1.47. The smallest absolute Gasteiger partial charge is 0.324 e. The van der Waals surface area contributed by atoms with Gasteiger partial charge >= 0.3 is 6.03 Å². The molecule has 0 saturated carbocycles. The van der Waals surface area contributed by atoms with Crippen molar-refractivity contribution in [3.05, 3.63) is 60.2 Å². The fourth-order valence-corrected chi connectivity index (χ4v) is 6.03. The highest BCUT2D eigenvalue weighted by Crippen LogP contribution is 2.32. The zero-order valence-electron chi connectivity index (χ0n) is 19.0. The molecule has 0 aromatic heterocycles. The van der Waals surface area contributed by atoms with Crippen LogP contribution in [0.5, 0.6) is 0 Å². The molecule has 0 bridgehead atoms. The summed E-state index contributed by atoms with van der Waals surface area (Å²) >= 11 is 0. The second-order valence-corrected chi connectivity index (χ2v) is 10.4. The molecule has 2 aromatic rings. The van der Waals surface area contributed by atoms with E-state index in [0.717, 1.165) is 24.2 Å². The predicted molar refractivity (Wildman–Crippen MR) is 126 cm³/mol. The van der Waals surface area contributed by atoms with Gasteiger partial charge in [-0.05, 0) is 43.0 Å². The maximum Gasteiger partial charge on any atom is 0.325 e. The van der Waals surface area contributed by atoms with Crippen molar-refractivity contribution in [1.82, 2.24) is 14.5 Å². The molecule has 0 radical (unpaired) electrons. The number of amides is 4. The number of rotatable bonds is 7. The van der Waals surface area contributed by atoms with E-state index >= 15 is 0 Å². The lowest BCUT2D eigenvalue weighted by atomic mass is 9.87. The third-order valence-electron chi connectivity index (χ3n) is 6.34. The van der Waals surface area contributed by atoms with E-state index in [1.54, 1.807) is 43.3 Å². The van der Waals surface area contributed by atoms with E-state index in [1.807, 2.05) is 6.07 Å². The van der Waals surface area contributed by atoms with Gasteiger partial charge in [-0.2, -0.15) is 4.31 Å². The molecule has 2 fully saturated rings. The van der Waals surface area contributed by atoms with Gasteiger partial charge in [-0.1, -0.05) is 49.7 Å². The van der Waals surface area contributed by atoms with Gasteiger partial charge in [-0.25, -0.2) is 13.2 Å². The van der Waals surface area contributed by atoms with Crippen LogP contribution in [0.4, 0.5) is 10.5 Å². The number of hydrogen-bond donors (Lipinski definition) is 2. The average molecular weight is 485 g/mol. The number of urea groups is 1. The van der Waals surface area contributed by atoms with Crippen molar-refractivity contribution in [3.8, 4) is 0 Å². The number of sulfonamides is 1. The molecule has 34 heavy (non-hydrogen) atoms. The van der Waals surface area contributed by atoms with Crippen molar-refractivity contribution in [2.24, 2.45) is 0 Å². The lowest BCUT2D eigenvalue weighted by Gasteiger charge is -2.26. The summed E-state index contributed by atoms with van der Waals surface area (Å²) in [6, 6.07) is 14.3. The zero-order valence-corrected chi connectivity index (χ0v) is 19.8. The van der Waals surface area contributed by atoms with Crippen LogP contribution < -0.4 is 10.6 Å². The van der Waals surface area contributed by atoms with Crippen molar-refractivity contribution in [2.75, 3.05) is 25.0 Å². The zero-order chi connectivity index (χ0) is 24.3. The molecule has 2 N–H and O–H groups in total. The quantitative estimate of drug-likeness (QED) is 0.586. The monoisotopic (exact) mass is 484 g/mol. The molecule has 0 unspecified atom stereocenters. The van der Waals surface area contributed by atoms with Crippen molar-refractivity contribution in [2.45, 2.75) is 43.0 Å². The Labute approximate surface area is 199 Å². The first-order chi connectivity index (χ1) is 16.3. The fourth-order valence-electron chi connectivity index (χ4n) is 4.46. The molecule has 10 heteroatoms. The summed E-state index contributed by atoms with van der Waals surface area (Å²) in [7, 11) is -3.66. The number of carbonyl (C=O) groups excluding carboxylic acids is 3. The molecular formula is C24H28N4O5S. The molecule has 2 saturated heterocycles. The number of nitrogens with zero attached hydrogens (tertiary/aromatic N) is 2. The molecule has 0 aliphatic carbocycles. The van der Waals surface area contributed by atoms with Crippen molar-refractivity contribution >= 4 is 33.6 Å². The summed E-state index contributed by atoms with van der Waals surface area (Å²) in [5, 5.41) is 5.36. The van der Waals surface area contributed by atoms with Gasteiger partial charge in [-0.3, -0.25) is 14.5 Å². The van der Waals surface area contributed by atoms with Crippen LogP contribution in [-0.2, 0) is 25.2 Å². The lowest BCUT2D eigenvalue weighted by Crippen LogP contribution is -2.44. The lowest BCUT2D eigenvalue weighted by molar-refractivity contribution is -0.134. The standard InChI is InChI=1S/C24H28N4O5S/c1-2-24(18-10-5-3-6-11-18)22(30)28(23(31)26-24)17-21(29)25-19-12-9-13-20(16-19)34(32,33)27-14-7-4-8-15-27/h3,5-6,9-13,16H,2,4,7-8,14-15,17H2,1H3,(H,25,29)(H,26,31)/t24-/m1/s1. The molecule has 2 heterocycles. The van der Waals surface area contributed by atoms with Crippen molar-refractivity contribution in [1.29, 1.82) is 0 Å². The number of piperidine rings is 1. The molecular weight excluding hydrogens is 456 g/mol. The van der Waals surface area contributed by atoms with Gasteiger partial charge in [0.25, 0.3) is 5.91 Å². The molecule has 0 spiro atoms. The van der Waals surface area contributed by atoms with Crippen LogP contribution in [0.15, 0.2) is 59.5 Å². The molecule has 180 valence electrons. The van der Waals surface area contributed by atoms with E-state index in [1.165, 1.54) is 16.4 Å². The number of hydrogen-bond acceptors (Lipinski definition) is 5. The number of anilines is 1. The Morgan fingerprint density at radius 1 is 1.03 bits per heavy atom. The first-order valence-electron chi connectivity index (χ1n) is 11.4. The van der Waals surface area contributed by atoms with Gasteiger partial charge in [0.1, 0.15) is 12.1 Å². The number of benzene rings is 2. The minimum absolute atomic E-state index is 0.0938. The van der Waals surface area contributed by atoms with Crippen LogP contribution in [0.3, 0.4) is 0 Å². The first kappa shape index (κ1) is 23.9. The summed E-state index contributed by atoms with van der Waals surface area (Å²) in [5.41, 5.74) is -0.296. The SMILES string of the molecule is CC[C@]1(c2ccccc2)NC(=O)N(CC(=O)Nc2cccc(S(=O)(=O)N3CCCCC3)c2)C1=O. The fraction of sp³-hybridized carbons (Fsp3) is 0.375. The maximum absolute atomic E-state index is 13.2. The summed E-state index contributed by atoms with van der Waals surface area (Å²) in [6.45, 7) is 2.27. The van der Waals surface area contributed by atoms with Gasteiger partial charge in [0.15, 0.2) is 0 Å². The highest BCUT2D eigenvalue weighted by atomic mass is 32.2. The van der Waals surface area contributed by atoms with E-state index in [2.05, 4.69) is 10.6 Å². The van der Waals surface area contributed by atoms with Crippen molar-refractivity contribution in [3.63, 3.8) is 0 Å². The van der Waals surface area contributed by atoms with Gasteiger partial charge in [0, 0.05) is 18.8 Å². The topological polar surface area (TPSA) is 116 Å². The highest BCUT2D eigenvalue weighted by molar-refractivity contribution is 7.89. The molecule has 9 nitrogen and oxygen atoms in total. The van der Waals surface area contributed by atoms with E-state index in [4.69, 9.17) is 0 Å². The van der Waals surface area contributed by atoms with E-state index in [9.17, 15) is 22.8 Å². The van der Waals surface area contributed by atoms with Crippen LogP contribution in [0, 0.1) is 0 Å². The molecule has 2 aliphatic heterocycles. The van der Waals surface area contributed by atoms with E-state index in [-0.39, 0.29) is 10.6 Å². The van der Waals surface area contributed by atoms with Gasteiger partial charge < -0.3 is 10.6 Å². The summed E-state index contributed by atoms with van der Waals surface area (Å²) in [4.78, 5) is 39.5. The number of nitrogens with one attached hydrogen (secondary N) is 2. The second-order valence-electron chi connectivity index (χ2n) is 8.49. The molecule has 4 rings (SSSR count). The second kappa shape index (κ2) is 9.55. The van der Waals surface area contributed by atoms with Crippen molar-refractivity contribution < 1.29 is 22.8 Å². The Morgan fingerprint density at radius 2 is 1.74 bits per heavy atom. The van der Waals surface area contributed by atoms with Gasteiger partial charge in [-0.15, -0.1) is 0 Å². The molecule has 2 aliphatic rings. The van der Waals surface area contributed by atoms with Gasteiger partial charge in [0.05, 0.1) is 4.90 Å². The summed E-state index contributed by atoms with van der Waals surface area (Å²) in [6.07, 6.45) is 2.98. The third-order valence-corrected chi connectivity index (χ3v) is 8.24. The average Bonchev–Trinajstić information content (AvgIpc) is 3.10. The number of imide groups is 1. The Kier molecular flexibility index (Phi) is 6.72. The van der Waals surface area contributed by atoms with E-state index < -0.39 is 40.0 Å². The van der Waals surface area contributed by atoms with Crippen LogP contribution >= 0.6 is 0 Å². The summed E-state index contributed by atoms with van der Waals surface area (Å²) in [5.74, 6) is -1.10. The molecule has 4 amide bonds. The molecule has 2 aromatic carbocycles. The van der Waals surface area contributed by atoms with Gasteiger partial charge in [0.2, 0.25) is 15.9 Å². The van der Waals surface area contributed by atoms with Crippen LogP contribution in [-0.4, -0.2) is 55.1 Å². The summed E-state index contributed by atoms with van der Waals surface area (Å²) < 4.78 is 27.3. The number of carbonyl (C=O) groups is 3. The minimum Gasteiger partial charge on any atom is -0.324 e. The van der Waals surface area contributed by atoms with E-state index in [0.29, 0.717) is 25.1 Å². The predicted octanol–water partition coefficient (Wildman–Crippen LogP) is 2.66. The highest BCUT2D eigenvalue weighted by Gasteiger charge is 2.51. The van der Waals surface area contributed by atoms with Crippen LogP contribution in [0.2, 0.25) is 0 Å². The Morgan fingerprint density at radius 3 is 2.41 bits per heavy atom. The minimum atomic E-state index is -3.66. The first-order valence-corrected chi connectivity index (χ1v) is 12.8. The largest absolute Gasteiger partial charge is 0.325 e. The van der Waals surface area contributed by atoms with Crippen LogP contribution in [0.1, 0.15) is 38.2 Å². The normalized spacial score (nSPS) is 21.4.